The Kier molecular flexibility index (Phi) is 4.83. The summed E-state index contributed by atoms with van der Waals surface area (Å²) in [5, 5.41) is 12.4. The zero-order valence-electron chi connectivity index (χ0n) is 7.46. The Morgan fingerprint density at radius 3 is 2.46 bits per heavy atom. The predicted molar refractivity (Wildman–Crippen MR) is 55.1 cm³/mol. The minimum Gasteiger partial charge on any atom is -0.395 e. The van der Waals surface area contributed by atoms with Crippen molar-refractivity contribution in [2.45, 2.75) is 6.42 Å². The molecule has 0 spiro atoms. The van der Waals surface area contributed by atoms with Crippen LogP contribution in [0.4, 0.5) is 0 Å². The Morgan fingerprint density at radius 1 is 1.15 bits per heavy atom. The van der Waals surface area contributed by atoms with Gasteiger partial charge in [0.05, 0.1) is 6.61 Å². The topological polar surface area (TPSA) is 32.3 Å². The fraction of sp³-hybridized carbons (Fsp3) is 0.400. The van der Waals surface area contributed by atoms with Gasteiger partial charge in [-0.05, 0) is 30.7 Å². The number of halogens is 1. The van der Waals surface area contributed by atoms with E-state index in [1.54, 1.807) is 0 Å². The number of hydrogen-bond donors (Lipinski definition) is 2. The summed E-state index contributed by atoms with van der Waals surface area (Å²) >= 11 is 5.75. The second-order valence-corrected chi connectivity index (χ2v) is 3.29. The van der Waals surface area contributed by atoms with Gasteiger partial charge in [0.25, 0.3) is 0 Å². The van der Waals surface area contributed by atoms with Crippen LogP contribution in [-0.2, 0) is 6.42 Å². The smallest absolute Gasteiger partial charge is 0.0555 e. The first-order chi connectivity index (χ1) is 6.33. The zero-order chi connectivity index (χ0) is 9.52. The summed E-state index contributed by atoms with van der Waals surface area (Å²) in [4.78, 5) is 0. The van der Waals surface area contributed by atoms with Crippen LogP contribution in [0.2, 0.25) is 5.02 Å². The van der Waals surface area contributed by atoms with Crippen molar-refractivity contribution in [3.63, 3.8) is 0 Å². The molecule has 2 nitrogen and oxygen atoms in total. The lowest BCUT2D eigenvalue weighted by Crippen LogP contribution is -2.20. The molecule has 72 valence electrons. The minimum absolute atomic E-state index is 0.195. The minimum atomic E-state index is 0.195. The van der Waals surface area contributed by atoms with Gasteiger partial charge < -0.3 is 10.4 Å². The lowest BCUT2D eigenvalue weighted by atomic mass is 10.1. The van der Waals surface area contributed by atoms with Gasteiger partial charge in [-0.3, -0.25) is 0 Å². The average molecular weight is 200 g/mol. The van der Waals surface area contributed by atoms with E-state index >= 15 is 0 Å². The van der Waals surface area contributed by atoms with E-state index < -0.39 is 0 Å². The second kappa shape index (κ2) is 5.97. The van der Waals surface area contributed by atoms with Gasteiger partial charge in [0.1, 0.15) is 0 Å². The van der Waals surface area contributed by atoms with Crippen LogP contribution in [0.25, 0.3) is 0 Å². The Labute approximate surface area is 83.5 Å². The van der Waals surface area contributed by atoms with Crippen molar-refractivity contribution in [3.8, 4) is 0 Å². The first kappa shape index (κ1) is 10.5. The quantitative estimate of drug-likeness (QED) is 0.704. The molecule has 0 saturated heterocycles. The molecule has 0 amide bonds. The van der Waals surface area contributed by atoms with Gasteiger partial charge in [-0.25, -0.2) is 0 Å². The highest BCUT2D eigenvalue weighted by Gasteiger charge is 1.92. The molecule has 0 aliphatic rings. The lowest BCUT2D eigenvalue weighted by Gasteiger charge is -2.02. The number of aliphatic hydroxyl groups excluding tert-OH is 1. The lowest BCUT2D eigenvalue weighted by molar-refractivity contribution is 0.293. The highest BCUT2D eigenvalue weighted by Crippen LogP contribution is 2.09. The predicted octanol–water partition coefficient (Wildman–Crippen LogP) is 1.46. The van der Waals surface area contributed by atoms with E-state index in [9.17, 15) is 0 Å². The third-order valence-corrected chi connectivity index (χ3v) is 2.04. The first-order valence-electron chi connectivity index (χ1n) is 4.39. The largest absolute Gasteiger partial charge is 0.395 e. The van der Waals surface area contributed by atoms with Gasteiger partial charge in [-0.2, -0.15) is 0 Å². The average Bonchev–Trinajstić information content (AvgIpc) is 2.15. The fourth-order valence-electron chi connectivity index (χ4n) is 1.09. The molecule has 1 aromatic rings. The Morgan fingerprint density at radius 2 is 1.85 bits per heavy atom. The molecule has 0 aromatic heterocycles. The number of nitrogens with one attached hydrogen (secondary N) is 1. The SMILES string of the molecule is OCCNCCc1ccc(Cl)cc1. The van der Waals surface area contributed by atoms with Gasteiger partial charge in [0.2, 0.25) is 0 Å². The molecule has 0 heterocycles. The monoisotopic (exact) mass is 199 g/mol. The molecular formula is C10H14ClNO. The molecule has 2 N–H and O–H groups in total. The van der Waals surface area contributed by atoms with Gasteiger partial charge in [0.15, 0.2) is 0 Å². The van der Waals surface area contributed by atoms with Gasteiger partial charge >= 0.3 is 0 Å². The maximum Gasteiger partial charge on any atom is 0.0555 e. The van der Waals surface area contributed by atoms with Crippen molar-refractivity contribution < 1.29 is 5.11 Å². The summed E-state index contributed by atoms with van der Waals surface area (Å²) in [5.74, 6) is 0. The maximum absolute atomic E-state index is 8.52. The van der Waals surface area contributed by atoms with E-state index in [0.29, 0.717) is 6.54 Å². The summed E-state index contributed by atoms with van der Waals surface area (Å²) in [6, 6.07) is 7.82. The normalized spacial score (nSPS) is 10.3. The fourth-order valence-corrected chi connectivity index (χ4v) is 1.21. The summed E-state index contributed by atoms with van der Waals surface area (Å²) in [7, 11) is 0. The Hall–Kier alpha value is -0.570. The third kappa shape index (κ3) is 4.27. The Bertz CT molecular complexity index is 235. The molecule has 0 bridgehead atoms. The van der Waals surface area contributed by atoms with E-state index in [1.807, 2.05) is 24.3 Å². The van der Waals surface area contributed by atoms with Crippen molar-refractivity contribution in [3.05, 3.63) is 34.9 Å². The first-order valence-corrected chi connectivity index (χ1v) is 4.77. The van der Waals surface area contributed by atoms with Crippen LogP contribution >= 0.6 is 11.6 Å². The summed E-state index contributed by atoms with van der Waals surface area (Å²) in [6.07, 6.45) is 0.969. The van der Waals surface area contributed by atoms with Crippen molar-refractivity contribution >= 4 is 11.6 Å². The summed E-state index contributed by atoms with van der Waals surface area (Å²) in [5.41, 5.74) is 1.26. The molecule has 0 unspecified atom stereocenters. The van der Waals surface area contributed by atoms with Gasteiger partial charge in [-0.1, -0.05) is 23.7 Å². The van der Waals surface area contributed by atoms with Gasteiger partial charge in [0, 0.05) is 11.6 Å². The number of aliphatic hydroxyl groups is 1. The van der Waals surface area contributed by atoms with E-state index in [4.69, 9.17) is 16.7 Å². The molecule has 0 radical (unpaired) electrons. The molecule has 0 fully saturated rings. The van der Waals surface area contributed by atoms with Gasteiger partial charge in [-0.15, -0.1) is 0 Å². The molecule has 1 aromatic carbocycles. The van der Waals surface area contributed by atoms with Crippen LogP contribution in [0.3, 0.4) is 0 Å². The second-order valence-electron chi connectivity index (χ2n) is 2.85. The molecule has 3 heteroatoms. The molecule has 0 aliphatic carbocycles. The highest BCUT2D eigenvalue weighted by molar-refractivity contribution is 6.30. The standard InChI is InChI=1S/C10H14ClNO/c11-10-3-1-9(2-4-10)5-6-12-7-8-13/h1-4,12-13H,5-8H2. The molecule has 0 saturated carbocycles. The zero-order valence-corrected chi connectivity index (χ0v) is 8.22. The van der Waals surface area contributed by atoms with Crippen LogP contribution in [0.5, 0.6) is 0 Å². The van der Waals surface area contributed by atoms with Crippen LogP contribution in [0.1, 0.15) is 5.56 Å². The van der Waals surface area contributed by atoms with Crippen LogP contribution in [-0.4, -0.2) is 24.8 Å². The molecule has 13 heavy (non-hydrogen) atoms. The number of hydrogen-bond acceptors (Lipinski definition) is 2. The third-order valence-electron chi connectivity index (χ3n) is 1.79. The number of benzene rings is 1. The van der Waals surface area contributed by atoms with E-state index in [-0.39, 0.29) is 6.61 Å². The molecular weight excluding hydrogens is 186 g/mol. The number of rotatable bonds is 5. The van der Waals surface area contributed by atoms with Crippen LogP contribution in [0, 0.1) is 0 Å². The maximum atomic E-state index is 8.52. The Balaban J connectivity index is 2.25. The van der Waals surface area contributed by atoms with E-state index in [0.717, 1.165) is 18.0 Å². The highest BCUT2D eigenvalue weighted by atomic mass is 35.5. The molecule has 0 atom stereocenters. The van der Waals surface area contributed by atoms with E-state index in [2.05, 4.69) is 5.32 Å². The summed E-state index contributed by atoms with van der Waals surface area (Å²) in [6.45, 7) is 1.75. The summed E-state index contributed by atoms with van der Waals surface area (Å²) < 4.78 is 0. The van der Waals surface area contributed by atoms with Crippen molar-refractivity contribution in [1.29, 1.82) is 0 Å². The van der Waals surface area contributed by atoms with E-state index in [1.165, 1.54) is 5.56 Å². The van der Waals surface area contributed by atoms with Crippen LogP contribution in [0.15, 0.2) is 24.3 Å². The molecule has 1 rings (SSSR count). The van der Waals surface area contributed by atoms with Crippen molar-refractivity contribution in [2.75, 3.05) is 19.7 Å². The van der Waals surface area contributed by atoms with Crippen LogP contribution < -0.4 is 5.32 Å². The van der Waals surface area contributed by atoms with Crippen molar-refractivity contribution in [2.24, 2.45) is 0 Å². The van der Waals surface area contributed by atoms with Crippen molar-refractivity contribution in [1.82, 2.24) is 5.32 Å². The molecule has 0 aliphatic heterocycles.